The molecule has 98 valence electrons. The van der Waals surface area contributed by atoms with E-state index >= 15 is 0 Å². The lowest BCUT2D eigenvalue weighted by Gasteiger charge is -2.12. The highest BCUT2D eigenvalue weighted by atomic mass is 32.1. The zero-order valence-corrected chi connectivity index (χ0v) is 11.9. The van der Waals surface area contributed by atoms with E-state index in [-0.39, 0.29) is 6.04 Å². The fourth-order valence-electron chi connectivity index (χ4n) is 2.14. The molecule has 3 heterocycles. The molecule has 5 nitrogen and oxygen atoms in total. The number of hydrogen-bond acceptors (Lipinski definition) is 5. The van der Waals surface area contributed by atoms with E-state index in [0.717, 1.165) is 21.9 Å². The predicted octanol–water partition coefficient (Wildman–Crippen LogP) is 2.70. The third-order valence-electron chi connectivity index (χ3n) is 3.09. The maximum Gasteiger partial charge on any atom is 0.203 e. The second-order valence-corrected chi connectivity index (χ2v) is 5.89. The van der Waals surface area contributed by atoms with Crippen molar-refractivity contribution in [2.75, 3.05) is 5.73 Å². The van der Waals surface area contributed by atoms with E-state index in [9.17, 15) is 0 Å². The monoisotopic (exact) mass is 273 g/mol. The van der Waals surface area contributed by atoms with Gasteiger partial charge in [-0.05, 0) is 32.9 Å². The molecule has 0 radical (unpaired) electrons. The Labute approximate surface area is 115 Å². The molecule has 0 aliphatic heterocycles. The topological polar surface area (TPSA) is 69.6 Å². The maximum absolute atomic E-state index is 6.04. The lowest BCUT2D eigenvalue weighted by atomic mass is 10.3. The van der Waals surface area contributed by atoms with Crippen molar-refractivity contribution in [2.24, 2.45) is 0 Å². The Morgan fingerprint density at radius 3 is 2.74 bits per heavy atom. The highest BCUT2D eigenvalue weighted by Crippen LogP contribution is 2.28. The van der Waals surface area contributed by atoms with Gasteiger partial charge in [0.05, 0.1) is 6.04 Å². The average Bonchev–Trinajstić information content (AvgIpc) is 2.91. The Bertz CT molecular complexity index is 743. The van der Waals surface area contributed by atoms with Gasteiger partial charge in [-0.2, -0.15) is 0 Å². The lowest BCUT2D eigenvalue weighted by molar-refractivity contribution is 0.657. The first-order chi connectivity index (χ1) is 9.06. The minimum atomic E-state index is 0.0398. The molecule has 3 rings (SSSR count). The number of nitrogens with zero attached hydrogens (tertiary/aromatic N) is 4. The highest BCUT2D eigenvalue weighted by molar-refractivity contribution is 7.11. The minimum Gasteiger partial charge on any atom is -0.369 e. The molecule has 2 N–H and O–H groups in total. The number of fused-ring (bicyclic) bond motifs is 1. The van der Waals surface area contributed by atoms with Gasteiger partial charge in [0.1, 0.15) is 10.5 Å². The van der Waals surface area contributed by atoms with Crippen molar-refractivity contribution in [2.45, 2.75) is 26.8 Å². The van der Waals surface area contributed by atoms with Gasteiger partial charge in [-0.15, -0.1) is 11.3 Å². The van der Waals surface area contributed by atoms with Gasteiger partial charge in [0.2, 0.25) is 5.95 Å². The van der Waals surface area contributed by atoms with Crippen LogP contribution in [-0.2, 0) is 0 Å². The zero-order chi connectivity index (χ0) is 13.6. The Morgan fingerprint density at radius 1 is 1.26 bits per heavy atom. The van der Waals surface area contributed by atoms with E-state index in [2.05, 4.69) is 21.9 Å². The SMILES string of the molecule is Cc1ccc2nc(N)n(C(C)c3ncc(C)s3)c2n1. The fourth-order valence-corrected chi connectivity index (χ4v) is 2.96. The summed E-state index contributed by atoms with van der Waals surface area (Å²) in [4.78, 5) is 14.5. The Hall–Kier alpha value is -1.95. The van der Waals surface area contributed by atoms with E-state index in [0.29, 0.717) is 5.95 Å². The van der Waals surface area contributed by atoms with Gasteiger partial charge in [-0.1, -0.05) is 0 Å². The smallest absolute Gasteiger partial charge is 0.203 e. The summed E-state index contributed by atoms with van der Waals surface area (Å²) in [5.41, 5.74) is 8.63. The van der Waals surface area contributed by atoms with Crippen LogP contribution in [0.1, 0.15) is 28.5 Å². The average molecular weight is 273 g/mol. The molecule has 0 bridgehead atoms. The number of anilines is 1. The van der Waals surface area contributed by atoms with Crippen LogP contribution in [0.4, 0.5) is 5.95 Å². The van der Waals surface area contributed by atoms with Crippen LogP contribution < -0.4 is 5.73 Å². The Kier molecular flexibility index (Phi) is 2.74. The molecular weight excluding hydrogens is 258 g/mol. The summed E-state index contributed by atoms with van der Waals surface area (Å²) in [7, 11) is 0. The molecule has 3 aromatic heterocycles. The molecule has 0 amide bonds. The van der Waals surface area contributed by atoms with Crippen molar-refractivity contribution in [3.63, 3.8) is 0 Å². The largest absolute Gasteiger partial charge is 0.369 e. The first-order valence-electron chi connectivity index (χ1n) is 6.09. The Balaban J connectivity index is 2.18. The predicted molar refractivity (Wildman–Crippen MR) is 77.3 cm³/mol. The molecule has 3 aromatic rings. The van der Waals surface area contributed by atoms with Crippen molar-refractivity contribution < 1.29 is 0 Å². The van der Waals surface area contributed by atoms with Gasteiger partial charge < -0.3 is 5.73 Å². The summed E-state index contributed by atoms with van der Waals surface area (Å²) in [6.45, 7) is 6.08. The molecule has 6 heteroatoms. The summed E-state index contributed by atoms with van der Waals surface area (Å²) in [6, 6.07) is 3.93. The van der Waals surface area contributed by atoms with Crippen LogP contribution in [0.2, 0.25) is 0 Å². The molecule has 0 fully saturated rings. The van der Waals surface area contributed by atoms with Gasteiger partial charge in [0, 0.05) is 16.8 Å². The molecule has 0 aliphatic carbocycles. The van der Waals surface area contributed by atoms with Crippen molar-refractivity contribution >= 4 is 28.4 Å². The number of aryl methyl sites for hydroxylation is 2. The summed E-state index contributed by atoms with van der Waals surface area (Å²) in [5, 5.41) is 1.02. The van der Waals surface area contributed by atoms with Gasteiger partial charge in [-0.25, -0.2) is 15.0 Å². The molecular formula is C13H15N5S. The summed E-state index contributed by atoms with van der Waals surface area (Å²) in [6.07, 6.45) is 1.88. The van der Waals surface area contributed by atoms with E-state index < -0.39 is 0 Å². The maximum atomic E-state index is 6.04. The number of hydrogen-bond donors (Lipinski definition) is 1. The first kappa shape index (κ1) is 12.1. The van der Waals surface area contributed by atoms with Crippen LogP contribution in [-0.4, -0.2) is 19.5 Å². The molecule has 0 spiro atoms. The molecule has 0 aromatic carbocycles. The molecule has 0 aliphatic rings. The van der Waals surface area contributed by atoms with E-state index in [1.54, 1.807) is 11.3 Å². The number of nitrogen functional groups attached to an aromatic ring is 1. The standard InChI is InChI=1S/C13H15N5S/c1-7-4-5-10-11(16-7)18(13(14)17-10)9(3)12-15-6-8(2)19-12/h4-6,9H,1-3H3,(H2,14,17). The Morgan fingerprint density at radius 2 is 2.05 bits per heavy atom. The zero-order valence-electron chi connectivity index (χ0n) is 11.1. The summed E-state index contributed by atoms with van der Waals surface area (Å²) >= 11 is 1.67. The normalized spacial score (nSPS) is 13.0. The van der Waals surface area contributed by atoms with Gasteiger partial charge >= 0.3 is 0 Å². The van der Waals surface area contributed by atoms with Crippen LogP contribution in [0.25, 0.3) is 11.2 Å². The van der Waals surface area contributed by atoms with Gasteiger partial charge in [-0.3, -0.25) is 4.57 Å². The number of imidazole rings is 1. The first-order valence-corrected chi connectivity index (χ1v) is 6.91. The quantitative estimate of drug-likeness (QED) is 0.779. The number of nitrogens with two attached hydrogens (primary N) is 1. The van der Waals surface area contributed by atoms with Crippen LogP contribution in [0.15, 0.2) is 18.3 Å². The number of thiazole rings is 1. The molecule has 19 heavy (non-hydrogen) atoms. The van der Waals surface area contributed by atoms with Gasteiger partial charge in [0.15, 0.2) is 5.65 Å². The second-order valence-electron chi connectivity index (χ2n) is 4.62. The van der Waals surface area contributed by atoms with Gasteiger partial charge in [0.25, 0.3) is 0 Å². The van der Waals surface area contributed by atoms with E-state index in [1.807, 2.05) is 36.7 Å². The third-order valence-corrected chi connectivity index (χ3v) is 4.17. The number of pyridine rings is 1. The molecule has 1 unspecified atom stereocenters. The summed E-state index contributed by atoms with van der Waals surface area (Å²) in [5.74, 6) is 0.480. The highest BCUT2D eigenvalue weighted by Gasteiger charge is 2.18. The summed E-state index contributed by atoms with van der Waals surface area (Å²) < 4.78 is 1.95. The lowest BCUT2D eigenvalue weighted by Crippen LogP contribution is -2.10. The van der Waals surface area contributed by atoms with Crippen molar-refractivity contribution in [1.82, 2.24) is 19.5 Å². The van der Waals surface area contributed by atoms with Crippen LogP contribution in [0.3, 0.4) is 0 Å². The van der Waals surface area contributed by atoms with Crippen molar-refractivity contribution in [1.29, 1.82) is 0 Å². The number of aromatic nitrogens is 4. The van der Waals surface area contributed by atoms with Crippen molar-refractivity contribution in [3.05, 3.63) is 33.9 Å². The molecule has 0 saturated heterocycles. The number of rotatable bonds is 2. The van der Waals surface area contributed by atoms with E-state index in [4.69, 9.17) is 5.73 Å². The van der Waals surface area contributed by atoms with Crippen LogP contribution in [0.5, 0.6) is 0 Å². The second kappa shape index (κ2) is 4.31. The van der Waals surface area contributed by atoms with Crippen molar-refractivity contribution in [3.8, 4) is 0 Å². The molecule has 0 saturated carbocycles. The minimum absolute atomic E-state index is 0.0398. The van der Waals surface area contributed by atoms with Crippen LogP contribution in [0, 0.1) is 13.8 Å². The van der Waals surface area contributed by atoms with Crippen LogP contribution >= 0.6 is 11.3 Å². The van der Waals surface area contributed by atoms with E-state index in [1.165, 1.54) is 4.88 Å². The third kappa shape index (κ3) is 1.98. The molecule has 1 atom stereocenters. The fraction of sp³-hybridized carbons (Fsp3) is 0.308.